The van der Waals surface area contributed by atoms with Gasteiger partial charge in [-0.15, -0.1) is 0 Å². The molecular formula is C20H26O2Si2. The Morgan fingerprint density at radius 1 is 1.08 bits per heavy atom. The first-order valence-electron chi connectivity index (χ1n) is 8.67. The van der Waals surface area contributed by atoms with Crippen LogP contribution < -0.4 is 10.4 Å². The Labute approximate surface area is 149 Å². The Hall–Kier alpha value is -1.47. The van der Waals surface area contributed by atoms with Gasteiger partial charge in [-0.2, -0.15) is 0 Å². The van der Waals surface area contributed by atoms with Crippen LogP contribution in [0.1, 0.15) is 26.7 Å². The molecule has 3 rings (SSSR count). The van der Waals surface area contributed by atoms with E-state index in [4.69, 9.17) is 8.85 Å². The van der Waals surface area contributed by atoms with E-state index in [-0.39, 0.29) is 0 Å². The lowest BCUT2D eigenvalue weighted by Gasteiger charge is -2.48. The third kappa shape index (κ3) is 2.95. The van der Waals surface area contributed by atoms with Crippen molar-refractivity contribution in [2.45, 2.75) is 38.5 Å². The molecule has 1 heterocycles. The fourth-order valence-electron chi connectivity index (χ4n) is 3.74. The molecule has 2 aromatic rings. The number of benzene rings is 2. The molecule has 2 aromatic carbocycles. The predicted molar refractivity (Wildman–Crippen MR) is 106 cm³/mol. The average Bonchev–Trinajstić information content (AvgIpc) is 2.68. The maximum Gasteiger partial charge on any atom is 0.259 e. The van der Waals surface area contributed by atoms with Crippen molar-refractivity contribution in [1.29, 1.82) is 0 Å². The van der Waals surface area contributed by atoms with Gasteiger partial charge in [0.1, 0.15) is 10.5 Å². The minimum Gasteiger partial charge on any atom is -0.399 e. The lowest BCUT2D eigenvalue weighted by molar-refractivity contribution is -0.0974. The van der Waals surface area contributed by atoms with Crippen LogP contribution in [-0.4, -0.2) is 24.6 Å². The predicted octanol–water partition coefficient (Wildman–Crippen LogP) is 2.52. The molecule has 1 fully saturated rings. The van der Waals surface area contributed by atoms with Crippen molar-refractivity contribution in [2.24, 2.45) is 0 Å². The average molecular weight is 355 g/mol. The van der Waals surface area contributed by atoms with Gasteiger partial charge in [-0.05, 0) is 42.3 Å². The van der Waals surface area contributed by atoms with Gasteiger partial charge in [0, 0.05) is 6.42 Å². The molecule has 0 saturated carbocycles. The molecule has 0 bridgehead atoms. The van der Waals surface area contributed by atoms with Crippen LogP contribution in [0.2, 0.25) is 6.04 Å². The van der Waals surface area contributed by atoms with E-state index in [2.05, 4.69) is 80.6 Å². The summed E-state index contributed by atoms with van der Waals surface area (Å²) in [6.07, 6.45) is 4.21. The van der Waals surface area contributed by atoms with Crippen LogP contribution in [0.4, 0.5) is 0 Å². The van der Waals surface area contributed by atoms with E-state index in [1.807, 2.05) is 0 Å². The molecule has 0 amide bonds. The van der Waals surface area contributed by atoms with E-state index in [9.17, 15) is 0 Å². The SMILES string of the molecule is CC=C(C)C1(O[SiH3])CCC[Si](c2ccccc2)(c2ccccc2)O1. The van der Waals surface area contributed by atoms with Gasteiger partial charge >= 0.3 is 0 Å². The first-order chi connectivity index (χ1) is 11.7. The fraction of sp³-hybridized carbons (Fsp3) is 0.300. The highest BCUT2D eigenvalue weighted by Gasteiger charge is 2.50. The van der Waals surface area contributed by atoms with Gasteiger partial charge in [-0.25, -0.2) is 0 Å². The fourth-order valence-corrected chi connectivity index (χ4v) is 8.81. The highest BCUT2D eigenvalue weighted by Crippen LogP contribution is 2.38. The van der Waals surface area contributed by atoms with Crippen LogP contribution in [0.5, 0.6) is 0 Å². The van der Waals surface area contributed by atoms with Gasteiger partial charge in [0.25, 0.3) is 8.32 Å². The summed E-state index contributed by atoms with van der Waals surface area (Å²) in [4.78, 5) is 0. The highest BCUT2D eigenvalue weighted by atomic mass is 28.4. The molecule has 4 heteroatoms. The Morgan fingerprint density at radius 3 is 2.08 bits per heavy atom. The molecule has 0 aliphatic carbocycles. The summed E-state index contributed by atoms with van der Waals surface area (Å²) in [5.41, 5.74) is 1.20. The van der Waals surface area contributed by atoms with Gasteiger partial charge in [0.05, 0.1) is 0 Å². The summed E-state index contributed by atoms with van der Waals surface area (Å²) in [7, 11) is -1.65. The van der Waals surface area contributed by atoms with Crippen molar-refractivity contribution < 1.29 is 8.85 Å². The lowest BCUT2D eigenvalue weighted by Crippen LogP contribution is -2.67. The smallest absolute Gasteiger partial charge is 0.259 e. The topological polar surface area (TPSA) is 18.5 Å². The Kier molecular flexibility index (Phi) is 5.20. The molecule has 1 unspecified atom stereocenters. The van der Waals surface area contributed by atoms with Gasteiger partial charge in [0.15, 0.2) is 5.79 Å². The van der Waals surface area contributed by atoms with E-state index in [1.54, 1.807) is 0 Å². The molecule has 0 aromatic heterocycles. The van der Waals surface area contributed by atoms with Crippen LogP contribution >= 0.6 is 0 Å². The Balaban J connectivity index is 2.16. The second-order valence-corrected chi connectivity index (χ2v) is 10.4. The third-order valence-electron chi connectivity index (χ3n) is 5.22. The number of hydrogen-bond acceptors (Lipinski definition) is 2. The molecule has 1 aliphatic heterocycles. The van der Waals surface area contributed by atoms with Crippen LogP contribution in [0, 0.1) is 0 Å². The molecule has 0 radical (unpaired) electrons. The molecule has 0 spiro atoms. The van der Waals surface area contributed by atoms with Gasteiger partial charge in [-0.3, -0.25) is 0 Å². The van der Waals surface area contributed by atoms with E-state index in [0.29, 0.717) is 10.5 Å². The van der Waals surface area contributed by atoms with Crippen molar-refractivity contribution in [3.05, 3.63) is 72.3 Å². The summed E-state index contributed by atoms with van der Waals surface area (Å²) in [6, 6.07) is 22.7. The van der Waals surface area contributed by atoms with Crippen molar-refractivity contribution in [1.82, 2.24) is 0 Å². The second-order valence-electron chi connectivity index (χ2n) is 6.44. The molecule has 126 valence electrons. The summed E-state index contributed by atoms with van der Waals surface area (Å²) in [5, 5.41) is 2.67. The summed E-state index contributed by atoms with van der Waals surface area (Å²) in [6.45, 7) is 4.21. The monoisotopic (exact) mass is 354 g/mol. The van der Waals surface area contributed by atoms with Crippen LogP contribution in [0.3, 0.4) is 0 Å². The minimum atomic E-state index is -2.31. The third-order valence-corrected chi connectivity index (χ3v) is 10.1. The van der Waals surface area contributed by atoms with Crippen molar-refractivity contribution >= 4 is 29.2 Å². The van der Waals surface area contributed by atoms with Crippen molar-refractivity contribution in [3.63, 3.8) is 0 Å². The first kappa shape index (κ1) is 17.4. The molecular weight excluding hydrogens is 328 g/mol. The van der Waals surface area contributed by atoms with Crippen LogP contribution in [0.15, 0.2) is 72.3 Å². The Bertz CT molecular complexity index is 661. The highest BCUT2D eigenvalue weighted by molar-refractivity contribution is 6.97. The zero-order valence-electron chi connectivity index (χ0n) is 14.8. The van der Waals surface area contributed by atoms with E-state index >= 15 is 0 Å². The van der Waals surface area contributed by atoms with Crippen molar-refractivity contribution in [2.75, 3.05) is 0 Å². The maximum atomic E-state index is 7.02. The lowest BCUT2D eigenvalue weighted by atomic mass is 10.0. The largest absolute Gasteiger partial charge is 0.399 e. The Morgan fingerprint density at radius 2 is 1.62 bits per heavy atom. The van der Waals surface area contributed by atoms with E-state index < -0.39 is 14.1 Å². The number of hydrogen-bond donors (Lipinski definition) is 0. The molecule has 1 aliphatic rings. The number of rotatable bonds is 4. The second kappa shape index (κ2) is 7.19. The van der Waals surface area contributed by atoms with Crippen LogP contribution in [-0.2, 0) is 8.85 Å². The van der Waals surface area contributed by atoms with Gasteiger partial charge in [-0.1, -0.05) is 66.7 Å². The molecule has 1 atom stereocenters. The normalized spacial score (nSPS) is 24.0. The van der Waals surface area contributed by atoms with E-state index in [1.165, 1.54) is 15.9 Å². The summed E-state index contributed by atoms with van der Waals surface area (Å²) >= 11 is 0. The molecule has 24 heavy (non-hydrogen) atoms. The van der Waals surface area contributed by atoms with Crippen molar-refractivity contribution in [3.8, 4) is 0 Å². The molecule has 2 nitrogen and oxygen atoms in total. The standard InChI is InChI=1S/C20H26O2Si2/c1-3-17(2)20(21-23)15-10-16-24(22-20,18-11-6-4-7-12-18)19-13-8-5-9-14-19/h3-9,11-14H,10,15-16H2,1-2,23H3. The summed E-state index contributed by atoms with van der Waals surface area (Å²) < 4.78 is 13.1. The first-order valence-corrected chi connectivity index (χ1v) is 11.6. The quantitative estimate of drug-likeness (QED) is 0.620. The maximum absolute atomic E-state index is 7.02. The van der Waals surface area contributed by atoms with Gasteiger partial charge in [0.2, 0.25) is 0 Å². The van der Waals surface area contributed by atoms with Crippen LogP contribution in [0.25, 0.3) is 0 Å². The summed E-state index contributed by atoms with van der Waals surface area (Å²) in [5.74, 6) is -0.545. The zero-order valence-corrected chi connectivity index (χ0v) is 17.8. The van der Waals surface area contributed by atoms with E-state index in [0.717, 1.165) is 18.9 Å². The number of allylic oxidation sites excluding steroid dienone is 1. The zero-order chi connectivity index (χ0) is 17.0. The molecule has 1 saturated heterocycles. The van der Waals surface area contributed by atoms with Gasteiger partial charge < -0.3 is 8.85 Å². The minimum absolute atomic E-state index is 0.545. The molecule has 0 N–H and O–H groups in total.